The number of guanidine groups is 1. The Morgan fingerprint density at radius 3 is 2.72 bits per heavy atom. The molecule has 1 saturated heterocycles. The Morgan fingerprint density at radius 2 is 2.00 bits per heavy atom. The van der Waals surface area contributed by atoms with Gasteiger partial charge in [0.2, 0.25) is 5.91 Å². The Kier molecular flexibility index (Phi) is 9.08. The number of likely N-dealkylation sites (tertiary alicyclic amines) is 1. The molecule has 25 heavy (non-hydrogen) atoms. The normalized spacial score (nSPS) is 21.8. The van der Waals surface area contributed by atoms with Crippen molar-refractivity contribution >= 4 is 11.9 Å². The molecule has 2 rings (SSSR count). The van der Waals surface area contributed by atoms with Crippen molar-refractivity contribution < 1.29 is 9.53 Å². The molecule has 6 nitrogen and oxygen atoms in total. The number of ether oxygens (including phenoxy) is 1. The molecule has 1 aliphatic carbocycles. The van der Waals surface area contributed by atoms with Crippen molar-refractivity contribution in [1.29, 1.82) is 0 Å². The lowest BCUT2D eigenvalue weighted by Crippen LogP contribution is -2.45. The van der Waals surface area contributed by atoms with Crippen LogP contribution in [-0.4, -0.2) is 62.7 Å². The zero-order chi connectivity index (χ0) is 17.9. The van der Waals surface area contributed by atoms with Crippen molar-refractivity contribution in [2.75, 3.05) is 39.9 Å². The van der Waals surface area contributed by atoms with Gasteiger partial charge in [-0.25, -0.2) is 0 Å². The average Bonchev–Trinajstić information content (AvgIpc) is 3.29. The quantitative estimate of drug-likeness (QED) is 0.379. The van der Waals surface area contributed by atoms with Crippen molar-refractivity contribution in [3.05, 3.63) is 0 Å². The van der Waals surface area contributed by atoms with Crippen LogP contribution in [0.1, 0.15) is 58.3 Å². The Labute approximate surface area is 152 Å². The minimum Gasteiger partial charge on any atom is -0.385 e. The first-order chi connectivity index (χ1) is 12.2. The predicted octanol–water partition coefficient (Wildman–Crippen LogP) is 2.15. The molecular weight excluding hydrogens is 316 g/mol. The molecular formula is C19H36N4O2. The van der Waals surface area contributed by atoms with Crippen LogP contribution in [0.2, 0.25) is 0 Å². The summed E-state index contributed by atoms with van der Waals surface area (Å²) in [6, 6.07) is 0.316. The third-order valence-electron chi connectivity index (χ3n) is 5.17. The predicted molar refractivity (Wildman–Crippen MR) is 102 cm³/mol. The van der Waals surface area contributed by atoms with Gasteiger partial charge in [-0.2, -0.15) is 0 Å². The summed E-state index contributed by atoms with van der Waals surface area (Å²) in [5.41, 5.74) is 0. The van der Waals surface area contributed by atoms with E-state index in [1.165, 1.54) is 12.8 Å². The van der Waals surface area contributed by atoms with Crippen LogP contribution in [0.25, 0.3) is 0 Å². The molecule has 1 amide bonds. The lowest BCUT2D eigenvalue weighted by atomic mass is 10.1. The van der Waals surface area contributed by atoms with Gasteiger partial charge >= 0.3 is 0 Å². The number of carbonyl (C=O) groups excluding carboxylic acids is 1. The largest absolute Gasteiger partial charge is 0.385 e. The number of nitrogens with one attached hydrogen (secondary N) is 2. The van der Waals surface area contributed by atoms with Crippen LogP contribution in [0, 0.1) is 5.92 Å². The molecule has 0 aromatic rings. The van der Waals surface area contributed by atoms with Crippen LogP contribution in [0.3, 0.4) is 0 Å². The van der Waals surface area contributed by atoms with Crippen molar-refractivity contribution in [1.82, 2.24) is 15.5 Å². The van der Waals surface area contributed by atoms with Crippen molar-refractivity contribution in [3.63, 3.8) is 0 Å². The number of methoxy groups -OCH3 is 1. The first-order valence-electron chi connectivity index (χ1n) is 10.1. The van der Waals surface area contributed by atoms with E-state index in [2.05, 4.69) is 27.4 Å². The number of hydrogen-bond donors (Lipinski definition) is 2. The number of hydrogen-bond acceptors (Lipinski definition) is 3. The van der Waals surface area contributed by atoms with Gasteiger partial charge in [-0.15, -0.1) is 0 Å². The number of amides is 1. The second-order valence-electron chi connectivity index (χ2n) is 7.21. The summed E-state index contributed by atoms with van der Waals surface area (Å²) in [5, 5.41) is 6.84. The standard InChI is InChI=1S/C19H36N4O2/c1-3-20-19(21-12-7-4-8-14-25-2)22-17-11-13-23(15-17)18(24)16-9-5-6-10-16/h16-17H,3-15H2,1-2H3,(H2,20,21,22). The zero-order valence-electron chi connectivity index (χ0n) is 16.1. The number of nitrogens with zero attached hydrogens (tertiary/aromatic N) is 2. The third-order valence-corrected chi connectivity index (χ3v) is 5.17. The van der Waals surface area contributed by atoms with Crippen LogP contribution in [0.5, 0.6) is 0 Å². The van der Waals surface area contributed by atoms with Crippen LogP contribution >= 0.6 is 0 Å². The first kappa shape index (κ1) is 20.0. The summed E-state index contributed by atoms with van der Waals surface area (Å²) in [6.07, 6.45) is 8.93. The molecule has 1 saturated carbocycles. The smallest absolute Gasteiger partial charge is 0.225 e. The van der Waals surface area contributed by atoms with Crippen LogP contribution in [0.15, 0.2) is 4.99 Å². The van der Waals surface area contributed by atoms with Crippen LogP contribution in [0.4, 0.5) is 0 Å². The molecule has 2 N–H and O–H groups in total. The highest BCUT2D eigenvalue weighted by molar-refractivity contribution is 5.81. The monoisotopic (exact) mass is 352 g/mol. The van der Waals surface area contributed by atoms with Gasteiger partial charge < -0.3 is 20.3 Å². The summed E-state index contributed by atoms with van der Waals surface area (Å²) in [6.45, 7) is 6.29. The maximum absolute atomic E-state index is 12.5. The fourth-order valence-electron chi connectivity index (χ4n) is 3.75. The summed E-state index contributed by atoms with van der Waals surface area (Å²) in [4.78, 5) is 19.3. The number of rotatable bonds is 9. The average molecular weight is 353 g/mol. The van der Waals surface area contributed by atoms with Gasteiger partial charge in [0.1, 0.15) is 0 Å². The van der Waals surface area contributed by atoms with Crippen molar-refractivity contribution in [2.24, 2.45) is 10.9 Å². The van der Waals surface area contributed by atoms with Crippen molar-refractivity contribution in [3.8, 4) is 0 Å². The molecule has 1 unspecified atom stereocenters. The van der Waals surface area contributed by atoms with E-state index >= 15 is 0 Å². The summed E-state index contributed by atoms with van der Waals surface area (Å²) < 4.78 is 5.07. The Bertz CT molecular complexity index is 422. The molecule has 144 valence electrons. The molecule has 1 atom stereocenters. The topological polar surface area (TPSA) is 66.0 Å². The molecule has 0 bridgehead atoms. The Morgan fingerprint density at radius 1 is 1.20 bits per heavy atom. The molecule has 1 heterocycles. The maximum Gasteiger partial charge on any atom is 0.225 e. The highest BCUT2D eigenvalue weighted by Gasteiger charge is 2.32. The lowest BCUT2D eigenvalue weighted by molar-refractivity contribution is -0.134. The van der Waals surface area contributed by atoms with E-state index in [0.717, 1.165) is 77.3 Å². The molecule has 6 heteroatoms. The minimum absolute atomic E-state index is 0.285. The second-order valence-corrected chi connectivity index (χ2v) is 7.21. The van der Waals surface area contributed by atoms with Crippen LogP contribution in [-0.2, 0) is 9.53 Å². The van der Waals surface area contributed by atoms with Gasteiger partial charge in [0.05, 0.1) is 0 Å². The molecule has 2 aliphatic rings. The van der Waals surface area contributed by atoms with Gasteiger partial charge in [0.25, 0.3) is 0 Å². The molecule has 0 aromatic heterocycles. The highest BCUT2D eigenvalue weighted by Crippen LogP contribution is 2.27. The van der Waals surface area contributed by atoms with E-state index in [9.17, 15) is 4.79 Å². The lowest BCUT2D eigenvalue weighted by Gasteiger charge is -2.21. The van der Waals surface area contributed by atoms with E-state index in [-0.39, 0.29) is 5.92 Å². The van der Waals surface area contributed by atoms with E-state index in [1.54, 1.807) is 7.11 Å². The van der Waals surface area contributed by atoms with Crippen LogP contribution < -0.4 is 10.6 Å². The number of unbranched alkanes of at least 4 members (excludes halogenated alkanes) is 2. The minimum atomic E-state index is 0.285. The highest BCUT2D eigenvalue weighted by atomic mass is 16.5. The second kappa shape index (κ2) is 11.3. The van der Waals surface area contributed by atoms with Gasteiger partial charge in [0.15, 0.2) is 5.96 Å². The SMILES string of the molecule is CCNC(=NCCCCCOC)NC1CCN(C(=O)C2CCCC2)C1. The molecule has 2 fully saturated rings. The number of carbonyl (C=O) groups is 1. The van der Waals surface area contributed by atoms with Gasteiger partial charge in [-0.1, -0.05) is 12.8 Å². The molecule has 1 aliphatic heterocycles. The Hall–Kier alpha value is -1.30. The van der Waals surface area contributed by atoms with E-state index in [1.807, 2.05) is 0 Å². The first-order valence-corrected chi connectivity index (χ1v) is 10.1. The Balaban J connectivity index is 1.72. The zero-order valence-corrected chi connectivity index (χ0v) is 16.1. The van der Waals surface area contributed by atoms with Gasteiger partial charge in [0, 0.05) is 51.9 Å². The summed E-state index contributed by atoms with van der Waals surface area (Å²) >= 11 is 0. The summed E-state index contributed by atoms with van der Waals surface area (Å²) in [7, 11) is 1.74. The third kappa shape index (κ3) is 6.84. The fourth-order valence-corrected chi connectivity index (χ4v) is 3.75. The fraction of sp³-hybridized carbons (Fsp3) is 0.895. The van der Waals surface area contributed by atoms with E-state index in [4.69, 9.17) is 4.74 Å². The molecule has 0 spiro atoms. The number of aliphatic imine (C=N–C) groups is 1. The van der Waals surface area contributed by atoms with Gasteiger partial charge in [-0.3, -0.25) is 9.79 Å². The van der Waals surface area contributed by atoms with E-state index in [0.29, 0.717) is 11.9 Å². The van der Waals surface area contributed by atoms with Gasteiger partial charge in [-0.05, 0) is 45.4 Å². The van der Waals surface area contributed by atoms with E-state index < -0.39 is 0 Å². The summed E-state index contributed by atoms with van der Waals surface area (Å²) in [5.74, 6) is 1.55. The maximum atomic E-state index is 12.5. The molecule has 0 aromatic carbocycles. The molecule has 0 radical (unpaired) electrons. The van der Waals surface area contributed by atoms with Crippen molar-refractivity contribution in [2.45, 2.75) is 64.3 Å².